The summed E-state index contributed by atoms with van der Waals surface area (Å²) in [6.45, 7) is 0. The number of methoxy groups -OCH3 is 1. The van der Waals surface area contributed by atoms with E-state index in [0.29, 0.717) is 0 Å². The first-order valence-corrected chi connectivity index (χ1v) is 17.1. The third-order valence-corrected chi connectivity index (χ3v) is 11.0. The van der Waals surface area contributed by atoms with Gasteiger partial charge in [0.1, 0.15) is 0 Å². The molecule has 0 N–H and O–H groups in total. The first kappa shape index (κ1) is 26.5. The molecule has 0 fully saturated rings. The van der Waals surface area contributed by atoms with Gasteiger partial charge in [-0.2, -0.15) is 0 Å². The number of rotatable bonds is 5. The number of sulfone groups is 1. The summed E-state index contributed by atoms with van der Waals surface area (Å²) in [5, 5.41) is 1.03. The van der Waals surface area contributed by atoms with Gasteiger partial charge in [0.05, 0.1) is 7.11 Å². The van der Waals surface area contributed by atoms with Crippen molar-refractivity contribution in [2.24, 2.45) is 0 Å². The van der Waals surface area contributed by atoms with Crippen LogP contribution in [-0.4, -0.2) is 41.7 Å². The summed E-state index contributed by atoms with van der Waals surface area (Å²) in [5.74, 6) is 0.790. The van der Waals surface area contributed by atoms with Crippen LogP contribution in [0.15, 0.2) is 126 Å². The predicted molar refractivity (Wildman–Crippen MR) is 172 cm³/mol. The van der Waals surface area contributed by atoms with Crippen molar-refractivity contribution in [2.75, 3.05) is 18.3 Å². The zero-order valence-electron chi connectivity index (χ0n) is 23.0. The number of pyridine rings is 1. The van der Waals surface area contributed by atoms with Crippen LogP contribution in [0.2, 0.25) is 0 Å². The second-order valence-electron chi connectivity index (χ2n) is 10.1. The Balaban J connectivity index is 1.51. The number of anilines is 3. The van der Waals surface area contributed by atoms with Crippen molar-refractivity contribution < 1.29 is 13.2 Å². The Bertz CT molecular complexity index is 2030. The average molecular weight is 634 g/mol. The molecule has 0 aliphatic carbocycles. The third-order valence-electron chi connectivity index (χ3n) is 7.47. The van der Waals surface area contributed by atoms with E-state index < -0.39 is 9.84 Å². The molecule has 42 heavy (non-hydrogen) atoms. The van der Waals surface area contributed by atoms with E-state index in [-0.39, 0.29) is 19.9 Å². The van der Waals surface area contributed by atoms with E-state index in [1.165, 1.54) is 26.6 Å². The zero-order chi connectivity index (χ0) is 28.8. The van der Waals surface area contributed by atoms with E-state index in [1.54, 1.807) is 19.2 Å². The van der Waals surface area contributed by atoms with Gasteiger partial charge in [0, 0.05) is 6.26 Å². The van der Waals surface area contributed by atoms with Crippen molar-refractivity contribution in [3.63, 3.8) is 0 Å². The quantitative estimate of drug-likeness (QED) is 0.205. The first-order chi connectivity index (χ1) is 20.4. The van der Waals surface area contributed by atoms with Gasteiger partial charge in [0.2, 0.25) is 0 Å². The Morgan fingerprint density at radius 1 is 0.690 bits per heavy atom. The molecule has 7 rings (SSSR count). The fourth-order valence-corrected chi connectivity index (χ4v) is 8.26. The molecule has 0 atom stereocenters. The summed E-state index contributed by atoms with van der Waals surface area (Å²) in [6.07, 6.45) is 1.22. The van der Waals surface area contributed by atoms with Crippen LogP contribution in [0.25, 0.3) is 33.3 Å². The Morgan fingerprint density at radius 3 is 1.90 bits per heavy atom. The molecule has 5 nitrogen and oxygen atoms in total. The van der Waals surface area contributed by atoms with Crippen LogP contribution in [0.3, 0.4) is 0 Å². The molecule has 1 aliphatic rings. The molecule has 0 radical (unpaired) electrons. The summed E-state index contributed by atoms with van der Waals surface area (Å²) in [6, 6.07) is 40.6. The second kappa shape index (κ2) is 10.4. The molecule has 0 unspecified atom stereocenters. The Hall–Kier alpha value is -4.42. The van der Waals surface area contributed by atoms with Gasteiger partial charge >= 0.3 is 231 Å². The van der Waals surface area contributed by atoms with E-state index in [0.717, 1.165) is 44.7 Å². The van der Waals surface area contributed by atoms with E-state index in [2.05, 4.69) is 89.8 Å². The number of nitrogens with zero attached hydrogens (tertiary/aromatic N) is 2. The summed E-state index contributed by atoms with van der Waals surface area (Å²) >= 11 is 0.197. The van der Waals surface area contributed by atoms with E-state index in [4.69, 9.17) is 9.72 Å². The van der Waals surface area contributed by atoms with Crippen LogP contribution in [0.4, 0.5) is 17.1 Å². The number of fused-ring (bicyclic) bond motifs is 3. The summed E-state index contributed by atoms with van der Waals surface area (Å²) < 4.78 is 32.3. The van der Waals surface area contributed by atoms with Crippen LogP contribution < -0.4 is 18.6 Å². The van der Waals surface area contributed by atoms with Crippen LogP contribution in [-0.2, 0) is 9.84 Å². The molecule has 5 aromatic carbocycles. The van der Waals surface area contributed by atoms with Crippen molar-refractivity contribution in [2.45, 2.75) is 4.90 Å². The number of hydrogen-bond donors (Lipinski definition) is 0. The Kier molecular flexibility index (Phi) is 6.59. The van der Waals surface area contributed by atoms with Crippen LogP contribution in [0.1, 0.15) is 0 Å². The molecule has 1 aliphatic heterocycles. The third kappa shape index (κ3) is 4.66. The summed E-state index contributed by atoms with van der Waals surface area (Å²) in [7, 11) is -1.65. The molecule has 0 amide bonds. The fraction of sp³-hybridized carbons (Fsp3) is 0.0571. The normalized spacial score (nSPS) is 12.6. The number of para-hydroxylation sites is 3. The van der Waals surface area contributed by atoms with Gasteiger partial charge in [0.25, 0.3) is 0 Å². The van der Waals surface area contributed by atoms with Gasteiger partial charge in [-0.05, 0) is 0 Å². The topological polar surface area (TPSA) is 59.5 Å². The molecule has 0 bridgehead atoms. The standard InChI is InChI=1S/C35H26N2O3SSe/c1-40-25-18-14-23(15-19-25)28-22-29(24-16-20-26(21-17-24)41(2,38)39)36-35-27(28)8-7-11-32(35)37-30-9-3-5-12-33(30)42-34-13-6-4-10-31(34)37/h3-22H,1-2H3. The summed E-state index contributed by atoms with van der Waals surface area (Å²) in [4.78, 5) is 7.88. The maximum atomic E-state index is 12.1. The molecule has 2 heterocycles. The first-order valence-electron chi connectivity index (χ1n) is 13.5. The van der Waals surface area contributed by atoms with Gasteiger partial charge in [-0.1, -0.05) is 0 Å². The molecule has 6 aromatic rings. The summed E-state index contributed by atoms with van der Waals surface area (Å²) in [5.41, 5.74) is 7.88. The Morgan fingerprint density at radius 2 is 1.29 bits per heavy atom. The van der Waals surface area contributed by atoms with Gasteiger partial charge < -0.3 is 0 Å². The molecule has 1 aromatic heterocycles. The molecule has 206 valence electrons. The van der Waals surface area contributed by atoms with Gasteiger partial charge in [-0.15, -0.1) is 0 Å². The van der Waals surface area contributed by atoms with E-state index in [9.17, 15) is 8.42 Å². The number of ether oxygens (including phenoxy) is 1. The van der Waals surface area contributed by atoms with Crippen molar-refractivity contribution >= 4 is 61.7 Å². The minimum atomic E-state index is -3.31. The monoisotopic (exact) mass is 634 g/mol. The Labute approximate surface area is 251 Å². The molecular weight excluding hydrogens is 607 g/mol. The molecule has 0 saturated carbocycles. The minimum absolute atomic E-state index is 0.197. The van der Waals surface area contributed by atoms with Crippen molar-refractivity contribution in [3.05, 3.63) is 121 Å². The van der Waals surface area contributed by atoms with Crippen molar-refractivity contribution in [1.82, 2.24) is 4.98 Å². The zero-order valence-corrected chi connectivity index (χ0v) is 25.5. The molecular formula is C35H26N2O3SSe. The predicted octanol–water partition coefficient (Wildman–Crippen LogP) is 6.42. The van der Waals surface area contributed by atoms with Crippen LogP contribution in [0, 0.1) is 0 Å². The SMILES string of the molecule is COc1ccc(-c2cc(-c3ccc(S(C)(=O)=O)cc3)nc3c(N4c5ccccc5[Se]c5ccccc54)cccc23)cc1. The van der Waals surface area contributed by atoms with Crippen molar-refractivity contribution in [1.29, 1.82) is 0 Å². The van der Waals surface area contributed by atoms with E-state index >= 15 is 0 Å². The van der Waals surface area contributed by atoms with E-state index in [1.807, 2.05) is 24.3 Å². The molecule has 0 spiro atoms. The van der Waals surface area contributed by atoms with Crippen LogP contribution >= 0.6 is 0 Å². The number of aromatic nitrogens is 1. The maximum absolute atomic E-state index is 12.1. The molecule has 7 heteroatoms. The fourth-order valence-electron chi connectivity index (χ4n) is 5.41. The number of hydrogen-bond acceptors (Lipinski definition) is 5. The van der Waals surface area contributed by atoms with Crippen molar-refractivity contribution in [3.8, 4) is 28.1 Å². The molecule has 0 saturated heterocycles. The number of benzene rings is 5. The average Bonchev–Trinajstić information content (AvgIpc) is 3.02. The van der Waals surface area contributed by atoms with Gasteiger partial charge in [-0.25, -0.2) is 8.42 Å². The van der Waals surface area contributed by atoms with Gasteiger partial charge in [0.15, 0.2) is 0 Å². The van der Waals surface area contributed by atoms with Crippen LogP contribution in [0.5, 0.6) is 5.75 Å². The second-order valence-corrected chi connectivity index (χ2v) is 14.4. The van der Waals surface area contributed by atoms with Gasteiger partial charge in [-0.3, -0.25) is 0 Å².